The van der Waals surface area contributed by atoms with Crippen molar-refractivity contribution in [2.75, 3.05) is 4.90 Å². The van der Waals surface area contributed by atoms with Gasteiger partial charge < -0.3 is 9.47 Å². The van der Waals surface area contributed by atoms with E-state index in [2.05, 4.69) is 138 Å². The molecule has 282 valence electrons. The molecule has 2 nitrogen and oxygen atoms in total. The Morgan fingerprint density at radius 1 is 0.333 bits per heavy atom. The van der Waals surface area contributed by atoms with Crippen LogP contribution in [0.1, 0.15) is 5.48 Å². The van der Waals surface area contributed by atoms with Gasteiger partial charge in [0, 0.05) is 33.5 Å². The molecular weight excluding hydrogens is 725 g/mol. The molecule has 0 saturated heterocycles. The van der Waals surface area contributed by atoms with Gasteiger partial charge in [0.15, 0.2) is 0 Å². The van der Waals surface area contributed by atoms with Crippen LogP contribution in [-0.2, 0) is 0 Å². The smallest absolute Gasteiger partial charge is 0.0645 e. The monoisotopic (exact) mass is 768 g/mol. The second-order valence-corrected chi connectivity index (χ2v) is 15.0. The SMILES string of the molecule is [2H]c1cc(-c2ccccc2)cc([2H])c1N(c1cccc(-c2cccc3c2c2ccccc2n3-c2ccccc2)c1)c1c([2H])cc(-c2ccc(-c3cccc4ccccc34)cc2)cc1[2H]. The third-order valence-corrected chi connectivity index (χ3v) is 11.5. The third-order valence-electron chi connectivity index (χ3n) is 11.5. The molecule has 0 amide bonds. The molecule has 1 heterocycles. The molecule has 0 spiro atoms. The van der Waals surface area contributed by atoms with Gasteiger partial charge in [-0.1, -0.05) is 182 Å². The topological polar surface area (TPSA) is 8.17 Å². The minimum absolute atomic E-state index is 0.116. The highest BCUT2D eigenvalue weighted by Crippen LogP contribution is 2.42. The van der Waals surface area contributed by atoms with Crippen LogP contribution in [0.4, 0.5) is 17.1 Å². The Hall–Kier alpha value is -7.94. The Morgan fingerprint density at radius 3 is 1.57 bits per heavy atom. The van der Waals surface area contributed by atoms with E-state index in [0.717, 1.165) is 72.0 Å². The molecule has 0 N–H and O–H groups in total. The molecule has 11 aromatic rings. The zero-order valence-corrected chi connectivity index (χ0v) is 32.7. The predicted octanol–water partition coefficient (Wildman–Crippen LogP) is 16.1. The van der Waals surface area contributed by atoms with Crippen molar-refractivity contribution in [3.63, 3.8) is 0 Å². The number of aromatic nitrogens is 1. The van der Waals surface area contributed by atoms with E-state index < -0.39 is 0 Å². The summed E-state index contributed by atoms with van der Waals surface area (Å²) >= 11 is 0. The maximum absolute atomic E-state index is 9.63. The lowest BCUT2D eigenvalue weighted by Gasteiger charge is -2.26. The van der Waals surface area contributed by atoms with E-state index in [1.165, 1.54) is 10.8 Å². The number of rotatable bonds is 8. The van der Waals surface area contributed by atoms with Crippen LogP contribution in [-0.4, -0.2) is 4.57 Å². The molecule has 10 aromatic carbocycles. The molecule has 0 saturated carbocycles. The first-order valence-corrected chi connectivity index (χ1v) is 20.3. The fourth-order valence-electron chi connectivity index (χ4n) is 8.59. The first kappa shape index (κ1) is 31.1. The van der Waals surface area contributed by atoms with Crippen LogP contribution < -0.4 is 4.90 Å². The van der Waals surface area contributed by atoms with Crippen molar-refractivity contribution in [2.45, 2.75) is 0 Å². The second-order valence-electron chi connectivity index (χ2n) is 15.0. The molecule has 0 atom stereocenters. The lowest BCUT2D eigenvalue weighted by molar-refractivity contribution is 1.18. The Labute approximate surface area is 356 Å². The van der Waals surface area contributed by atoms with E-state index in [4.69, 9.17) is 0 Å². The standard InChI is InChI=1S/C58H40N2/c1-3-14-41(15-4-1)43-32-36-49(37-33-43)59(50-38-34-44(35-39-50)42-28-30-46(31-29-42)53-24-12-17-45-16-7-8-22-52(45)53)51-21-11-18-47(40-51)54-25-13-27-57-58(54)55-23-9-10-26-56(55)60(57)48-19-5-2-6-20-48/h1-40H/i36D,37D,38D,39D. The summed E-state index contributed by atoms with van der Waals surface area (Å²) in [6.45, 7) is 0. The predicted molar refractivity (Wildman–Crippen MR) is 255 cm³/mol. The van der Waals surface area contributed by atoms with Crippen molar-refractivity contribution in [3.8, 4) is 50.2 Å². The summed E-state index contributed by atoms with van der Waals surface area (Å²) in [5.41, 5.74) is 12.0. The highest BCUT2D eigenvalue weighted by molar-refractivity contribution is 6.16. The van der Waals surface area contributed by atoms with Gasteiger partial charge in [-0.3, -0.25) is 0 Å². The largest absolute Gasteiger partial charge is 0.310 e. The number of nitrogens with zero attached hydrogens (tertiary/aromatic N) is 2. The van der Waals surface area contributed by atoms with Gasteiger partial charge in [0.1, 0.15) is 0 Å². The Balaban J connectivity index is 1.06. The minimum Gasteiger partial charge on any atom is -0.310 e. The fourth-order valence-corrected chi connectivity index (χ4v) is 8.59. The zero-order valence-electron chi connectivity index (χ0n) is 36.7. The average Bonchev–Trinajstić information content (AvgIpc) is 3.68. The normalized spacial score (nSPS) is 12.3. The quantitative estimate of drug-likeness (QED) is 0.149. The zero-order chi connectivity index (χ0) is 43.3. The first-order valence-electron chi connectivity index (χ1n) is 22.3. The van der Waals surface area contributed by atoms with Crippen molar-refractivity contribution < 1.29 is 5.48 Å². The molecule has 0 aliphatic carbocycles. The highest BCUT2D eigenvalue weighted by atomic mass is 15.1. The van der Waals surface area contributed by atoms with Gasteiger partial charge in [-0.2, -0.15) is 0 Å². The lowest BCUT2D eigenvalue weighted by atomic mass is 9.96. The first-order chi connectivity index (χ1) is 31.4. The number of para-hydroxylation sites is 2. The summed E-state index contributed by atoms with van der Waals surface area (Å²) in [5.74, 6) is 0. The van der Waals surface area contributed by atoms with Crippen molar-refractivity contribution in [3.05, 3.63) is 243 Å². The number of anilines is 3. The van der Waals surface area contributed by atoms with Crippen molar-refractivity contribution in [2.24, 2.45) is 0 Å². The van der Waals surface area contributed by atoms with E-state index >= 15 is 0 Å². The molecule has 0 fully saturated rings. The molecule has 60 heavy (non-hydrogen) atoms. The van der Waals surface area contributed by atoms with Crippen LogP contribution >= 0.6 is 0 Å². The molecule has 1 aromatic heterocycles. The molecule has 0 radical (unpaired) electrons. The Kier molecular flexibility index (Phi) is 7.83. The second kappa shape index (κ2) is 15.1. The van der Waals surface area contributed by atoms with Crippen LogP contribution in [0.25, 0.3) is 82.8 Å². The van der Waals surface area contributed by atoms with Crippen LogP contribution in [0.15, 0.2) is 243 Å². The van der Waals surface area contributed by atoms with Crippen molar-refractivity contribution >= 4 is 49.6 Å². The number of hydrogen-bond acceptors (Lipinski definition) is 1. The Morgan fingerprint density at radius 2 is 0.833 bits per heavy atom. The van der Waals surface area contributed by atoms with Gasteiger partial charge >= 0.3 is 0 Å². The molecule has 0 unspecified atom stereocenters. The van der Waals surface area contributed by atoms with Crippen LogP contribution in [0, 0.1) is 0 Å². The van der Waals surface area contributed by atoms with Gasteiger partial charge in [-0.15, -0.1) is 0 Å². The molecule has 0 aliphatic rings. The lowest BCUT2D eigenvalue weighted by Crippen LogP contribution is -2.10. The Bertz CT molecular complexity index is 3490. The van der Waals surface area contributed by atoms with E-state index in [9.17, 15) is 5.48 Å². The summed E-state index contributed by atoms with van der Waals surface area (Å²) in [7, 11) is 0. The molecule has 0 bridgehead atoms. The summed E-state index contributed by atoms with van der Waals surface area (Å²) < 4.78 is 40.6. The highest BCUT2D eigenvalue weighted by Gasteiger charge is 2.18. The maximum Gasteiger partial charge on any atom is 0.0645 e. The van der Waals surface area contributed by atoms with Crippen LogP contribution in [0.5, 0.6) is 0 Å². The van der Waals surface area contributed by atoms with E-state index in [1.54, 1.807) is 29.2 Å². The van der Waals surface area contributed by atoms with Crippen LogP contribution in [0.2, 0.25) is 0 Å². The minimum atomic E-state index is 0.116. The number of benzene rings is 10. The summed E-state index contributed by atoms with van der Waals surface area (Å²) in [6.07, 6.45) is 0. The summed E-state index contributed by atoms with van der Waals surface area (Å²) in [4.78, 5) is 1.77. The van der Waals surface area contributed by atoms with Gasteiger partial charge in [0.25, 0.3) is 0 Å². The average molecular weight is 769 g/mol. The molecule has 0 aliphatic heterocycles. The molecule has 11 rings (SSSR count). The van der Waals surface area contributed by atoms with Gasteiger partial charge in [-0.25, -0.2) is 0 Å². The maximum atomic E-state index is 9.63. The van der Waals surface area contributed by atoms with Gasteiger partial charge in [-0.05, 0) is 116 Å². The van der Waals surface area contributed by atoms with Crippen molar-refractivity contribution in [1.29, 1.82) is 0 Å². The van der Waals surface area contributed by atoms with Gasteiger partial charge in [0.05, 0.1) is 16.5 Å². The van der Waals surface area contributed by atoms with Gasteiger partial charge in [0.2, 0.25) is 0 Å². The summed E-state index contributed by atoms with van der Waals surface area (Å²) in [6, 6.07) is 73.7. The molecule has 2 heteroatoms. The number of hydrogen-bond donors (Lipinski definition) is 0. The third kappa shape index (κ3) is 6.32. The van der Waals surface area contributed by atoms with Crippen LogP contribution in [0.3, 0.4) is 0 Å². The summed E-state index contributed by atoms with van der Waals surface area (Å²) in [5, 5.41) is 4.60. The fraction of sp³-hybridized carbons (Fsp3) is 0. The van der Waals surface area contributed by atoms with Crippen molar-refractivity contribution in [1.82, 2.24) is 4.57 Å². The molecular formula is C58H40N2. The van der Waals surface area contributed by atoms with E-state index in [1.807, 2.05) is 60.7 Å². The van der Waals surface area contributed by atoms with E-state index in [-0.39, 0.29) is 24.2 Å². The van der Waals surface area contributed by atoms with E-state index in [0.29, 0.717) is 17.1 Å². The number of fused-ring (bicyclic) bond motifs is 4.